The Labute approximate surface area is 181 Å². The third-order valence-corrected chi connectivity index (χ3v) is 7.26. The highest BCUT2D eigenvalue weighted by atomic mass is 16.7. The smallest absolute Gasteiger partial charge is 0.399 e. The van der Waals surface area contributed by atoms with Gasteiger partial charge in [-0.3, -0.25) is 0 Å². The van der Waals surface area contributed by atoms with Gasteiger partial charge in [-0.15, -0.1) is 0 Å². The van der Waals surface area contributed by atoms with E-state index in [1.165, 1.54) is 0 Å². The molecule has 2 fully saturated rings. The molecule has 0 amide bonds. The van der Waals surface area contributed by atoms with Gasteiger partial charge in [0, 0.05) is 10.9 Å². The lowest BCUT2D eigenvalue weighted by Crippen LogP contribution is -2.41. The summed E-state index contributed by atoms with van der Waals surface area (Å²) in [6, 6.07) is 13.7. The van der Waals surface area contributed by atoms with E-state index in [2.05, 4.69) is 0 Å². The molecule has 0 aromatic heterocycles. The molecule has 0 atom stereocenters. The van der Waals surface area contributed by atoms with Crippen molar-refractivity contribution >= 4 is 12.6 Å². The molecule has 0 unspecified atom stereocenters. The maximum atomic E-state index is 9.31. The Balaban J connectivity index is 1.75. The third-order valence-electron chi connectivity index (χ3n) is 7.26. The first-order valence-electron chi connectivity index (χ1n) is 12.6. The summed E-state index contributed by atoms with van der Waals surface area (Å²) in [7, 11) is -0.585. The highest BCUT2D eigenvalue weighted by Gasteiger charge is 2.53. The molecule has 2 aliphatic carbocycles. The van der Waals surface area contributed by atoms with Crippen LogP contribution in [-0.4, -0.2) is 18.3 Å². The topological polar surface area (TPSA) is 18.5 Å². The summed E-state index contributed by atoms with van der Waals surface area (Å²) in [5.41, 5.74) is 1.25. The maximum Gasteiger partial charge on any atom is 0.494 e. The van der Waals surface area contributed by atoms with Crippen molar-refractivity contribution < 1.29 is 14.8 Å². The molecule has 1 saturated heterocycles. The molecule has 1 aliphatic heterocycles. The Morgan fingerprint density at radius 1 is 0.793 bits per heavy atom. The van der Waals surface area contributed by atoms with Crippen molar-refractivity contribution in [2.45, 2.75) is 83.7 Å². The van der Waals surface area contributed by atoms with Gasteiger partial charge >= 0.3 is 7.12 Å². The van der Waals surface area contributed by atoms with Crippen LogP contribution in [0.25, 0.3) is 11.1 Å². The second kappa shape index (κ2) is 5.98. The lowest BCUT2D eigenvalue weighted by Gasteiger charge is -2.43. The van der Waals surface area contributed by atoms with Crippen LogP contribution >= 0.6 is 0 Å². The van der Waals surface area contributed by atoms with Crippen LogP contribution in [0, 0.1) is 5.41 Å². The highest BCUT2D eigenvalue weighted by molar-refractivity contribution is 6.62. The van der Waals surface area contributed by atoms with Crippen molar-refractivity contribution in [1.82, 2.24) is 0 Å². The Bertz CT molecular complexity index is 1100. The molecular weight excluding hydrogens is 355 g/mol. The molecule has 29 heavy (non-hydrogen) atoms. The second-order valence-corrected chi connectivity index (χ2v) is 10.6. The van der Waals surface area contributed by atoms with Gasteiger partial charge < -0.3 is 9.31 Å². The zero-order chi connectivity index (χ0) is 24.2. The molecule has 2 aromatic carbocycles. The number of benzene rings is 2. The van der Waals surface area contributed by atoms with Crippen LogP contribution in [-0.2, 0) is 14.7 Å². The summed E-state index contributed by atoms with van der Waals surface area (Å²) in [5.74, 6) is 0. The van der Waals surface area contributed by atoms with Crippen LogP contribution in [0.4, 0.5) is 0 Å². The third kappa shape index (κ3) is 2.77. The summed E-state index contributed by atoms with van der Waals surface area (Å²) < 4.78 is 49.8. The number of hydrogen-bond donors (Lipinski definition) is 0. The summed E-state index contributed by atoms with van der Waals surface area (Å²) in [6.45, 7) is 12.0. The highest BCUT2D eigenvalue weighted by Crippen LogP contribution is 2.58. The van der Waals surface area contributed by atoms with E-state index < -0.39 is 41.9 Å². The van der Waals surface area contributed by atoms with Crippen molar-refractivity contribution in [2.75, 3.05) is 0 Å². The van der Waals surface area contributed by atoms with E-state index in [1.54, 1.807) is 0 Å². The lowest BCUT2D eigenvalue weighted by atomic mass is 9.60. The van der Waals surface area contributed by atoms with Crippen molar-refractivity contribution in [3.63, 3.8) is 0 Å². The quantitative estimate of drug-likeness (QED) is 0.567. The molecule has 0 N–H and O–H groups in total. The van der Waals surface area contributed by atoms with Gasteiger partial charge in [-0.1, -0.05) is 56.3 Å². The van der Waals surface area contributed by atoms with E-state index in [4.69, 9.17) is 9.31 Å². The predicted octanol–water partition coefficient (Wildman–Crippen LogP) is 5.85. The number of hydrogen-bond acceptors (Lipinski definition) is 2. The average molecular weight is 392 g/mol. The molecule has 2 nitrogen and oxygen atoms in total. The Hall–Kier alpha value is -1.58. The Morgan fingerprint density at radius 2 is 1.38 bits per heavy atom. The fourth-order valence-corrected chi connectivity index (χ4v) is 4.67. The monoisotopic (exact) mass is 392 g/mol. The number of fused-ring (bicyclic) bond motifs is 5. The fourth-order valence-electron chi connectivity index (χ4n) is 4.67. The molecule has 3 aliphatic rings. The van der Waals surface area contributed by atoms with Gasteiger partial charge in [-0.2, -0.15) is 0 Å². The van der Waals surface area contributed by atoms with Crippen molar-refractivity contribution in [3.05, 3.63) is 53.6 Å². The maximum absolute atomic E-state index is 9.31. The first-order chi connectivity index (χ1) is 15.0. The normalized spacial score (nSPS) is 30.6. The molecule has 1 saturated carbocycles. The first kappa shape index (κ1) is 15.3. The Morgan fingerprint density at radius 3 is 2.03 bits per heavy atom. The molecule has 152 valence electrons. The van der Waals surface area contributed by atoms with Crippen molar-refractivity contribution in [3.8, 4) is 11.1 Å². The van der Waals surface area contributed by atoms with Gasteiger partial charge in [-0.05, 0) is 86.4 Å². The molecule has 0 bridgehead atoms. The van der Waals surface area contributed by atoms with Crippen LogP contribution in [0.2, 0.25) is 0 Å². The molecule has 1 heterocycles. The second-order valence-electron chi connectivity index (χ2n) is 10.6. The Kier molecular flexibility index (Phi) is 3.15. The van der Waals surface area contributed by atoms with Crippen LogP contribution in [0.15, 0.2) is 42.5 Å². The van der Waals surface area contributed by atoms with Gasteiger partial charge in [0.2, 0.25) is 0 Å². The van der Waals surface area contributed by atoms with E-state index in [9.17, 15) is 5.48 Å². The summed E-state index contributed by atoms with van der Waals surface area (Å²) in [4.78, 5) is 0. The molecule has 2 aromatic rings. The van der Waals surface area contributed by atoms with Crippen LogP contribution in [0.1, 0.15) is 83.7 Å². The van der Waals surface area contributed by atoms with E-state index in [1.807, 2.05) is 84.0 Å². The molecule has 3 heteroatoms. The van der Waals surface area contributed by atoms with Gasteiger partial charge in [-0.25, -0.2) is 0 Å². The fraction of sp³-hybridized carbons (Fsp3) is 0.538. The minimum atomic E-state index is -1.78. The van der Waals surface area contributed by atoms with Gasteiger partial charge in [0.25, 0.3) is 0 Å². The van der Waals surface area contributed by atoms with Gasteiger partial charge in [0.05, 0.1) is 11.2 Å². The minimum Gasteiger partial charge on any atom is -0.399 e. The van der Waals surface area contributed by atoms with Crippen molar-refractivity contribution in [1.29, 1.82) is 0 Å². The average Bonchev–Trinajstić information content (AvgIpc) is 3.07. The predicted molar refractivity (Wildman–Crippen MR) is 121 cm³/mol. The van der Waals surface area contributed by atoms with Gasteiger partial charge in [0.1, 0.15) is 0 Å². The lowest BCUT2D eigenvalue weighted by molar-refractivity contribution is 0.00578. The van der Waals surface area contributed by atoms with Crippen LogP contribution in [0.5, 0.6) is 0 Å². The van der Waals surface area contributed by atoms with E-state index in [-0.39, 0.29) is 12.8 Å². The molecule has 0 radical (unpaired) electrons. The largest absolute Gasteiger partial charge is 0.494 e. The molecule has 5 rings (SSSR count). The zero-order valence-corrected chi connectivity index (χ0v) is 18.3. The summed E-state index contributed by atoms with van der Waals surface area (Å²) in [5, 5.41) is 0. The van der Waals surface area contributed by atoms with Crippen molar-refractivity contribution in [2.24, 2.45) is 5.41 Å². The molecular formula is C26H33BO2. The minimum absolute atomic E-state index is 0.286. The van der Waals surface area contributed by atoms with Crippen LogP contribution in [0.3, 0.4) is 0 Å². The van der Waals surface area contributed by atoms with E-state index in [0.717, 1.165) is 22.2 Å². The standard InChI is InChI=1S/C26H33BO2/c1-23(2)13-15-26(16-14-23)21-10-8-7-9-19(21)20-12-11-18(17-22(20)26)27-28-24(3,4)25(5,6)29-27/h7-12,17H,13-16H2,1-6H3/i15D2,16D2. The molecule has 1 spiro atoms. The SMILES string of the molecule is [2H]C1([2H])CC(C)(C)CC([2H])([2H])C12c1ccccc1-c1ccc(B3OC(C)(C)C(C)(C)O3)cc12. The number of rotatable bonds is 1. The van der Waals surface area contributed by atoms with Crippen LogP contribution < -0.4 is 5.46 Å². The summed E-state index contributed by atoms with van der Waals surface area (Å²) in [6.07, 6.45) is -3.00. The van der Waals surface area contributed by atoms with E-state index >= 15 is 0 Å². The summed E-state index contributed by atoms with van der Waals surface area (Å²) >= 11 is 0. The van der Waals surface area contributed by atoms with E-state index in [0.29, 0.717) is 5.56 Å². The first-order valence-corrected chi connectivity index (χ1v) is 10.6. The zero-order valence-electron chi connectivity index (χ0n) is 22.3. The van der Waals surface area contributed by atoms with Gasteiger partial charge in [0.15, 0.2) is 0 Å².